The zero-order valence-electron chi connectivity index (χ0n) is 16.7. The fourth-order valence-electron chi connectivity index (χ4n) is 3.21. The van der Waals surface area contributed by atoms with Crippen molar-refractivity contribution < 1.29 is 18.3 Å². The van der Waals surface area contributed by atoms with Gasteiger partial charge in [-0.3, -0.25) is 10.1 Å². The highest BCUT2D eigenvalue weighted by molar-refractivity contribution is 6.31. The average Bonchev–Trinajstić information content (AvgIpc) is 3.18. The molecule has 6 N–H and O–H groups in total. The summed E-state index contributed by atoms with van der Waals surface area (Å²) in [5.74, 6) is 8.68. The predicted octanol–water partition coefficient (Wildman–Crippen LogP) is 1.68. The zero-order valence-corrected chi connectivity index (χ0v) is 17.4. The van der Waals surface area contributed by atoms with Crippen LogP contribution >= 0.6 is 11.6 Å². The molecule has 1 amide bonds. The van der Waals surface area contributed by atoms with Gasteiger partial charge in [0.2, 0.25) is 5.91 Å². The number of rotatable bonds is 5. The first kappa shape index (κ1) is 23.7. The lowest BCUT2D eigenvalue weighted by Crippen LogP contribution is -2.33. The summed E-state index contributed by atoms with van der Waals surface area (Å²) in [6, 6.07) is 2.98. The molecule has 2 heterocycles. The normalized spacial score (nSPS) is 18.4. The van der Waals surface area contributed by atoms with E-state index in [1.54, 1.807) is 12.1 Å². The van der Waals surface area contributed by atoms with E-state index in [0.717, 1.165) is 35.5 Å². The third-order valence-electron chi connectivity index (χ3n) is 4.64. The van der Waals surface area contributed by atoms with E-state index in [9.17, 15) is 13.6 Å². The first-order chi connectivity index (χ1) is 14.3. The van der Waals surface area contributed by atoms with E-state index in [2.05, 4.69) is 16.6 Å². The van der Waals surface area contributed by atoms with E-state index < -0.39 is 12.1 Å². The molecule has 0 aliphatic carbocycles. The van der Waals surface area contributed by atoms with Crippen molar-refractivity contribution >= 4 is 17.5 Å². The summed E-state index contributed by atoms with van der Waals surface area (Å²) in [6.07, 6.45) is 5.21. The van der Waals surface area contributed by atoms with E-state index in [0.29, 0.717) is 23.7 Å². The number of alkyl halides is 2. The number of terminal acetylenes is 1. The molecule has 1 aromatic carbocycles. The number of amides is 1. The fourth-order valence-corrected chi connectivity index (χ4v) is 3.47. The number of allylic oxidation sites excluding steroid dienone is 1. The molecule has 2 aliphatic heterocycles. The molecular weight excluding hydrogens is 416 g/mol. The van der Waals surface area contributed by atoms with Crippen LogP contribution in [0, 0.1) is 12.3 Å². The van der Waals surface area contributed by atoms with Crippen LogP contribution in [0.15, 0.2) is 23.5 Å². The summed E-state index contributed by atoms with van der Waals surface area (Å²) in [7, 11) is 1.29. The molecule has 0 saturated carbocycles. The van der Waals surface area contributed by atoms with Gasteiger partial charge in [-0.2, -0.15) is 0 Å². The van der Waals surface area contributed by atoms with Crippen LogP contribution in [-0.2, 0) is 11.2 Å². The van der Waals surface area contributed by atoms with E-state index in [1.165, 1.54) is 7.05 Å². The Hall–Kier alpha value is -2.54. The third-order valence-corrected chi connectivity index (χ3v) is 4.99. The van der Waals surface area contributed by atoms with Gasteiger partial charge >= 0.3 is 0 Å². The molecule has 1 fully saturated rings. The maximum absolute atomic E-state index is 13.0. The van der Waals surface area contributed by atoms with Crippen molar-refractivity contribution in [3.63, 3.8) is 0 Å². The Morgan fingerprint density at radius 2 is 2.17 bits per heavy atom. The number of hydrogen-bond donors (Lipinski definition) is 4. The zero-order chi connectivity index (χ0) is 22.3. The van der Waals surface area contributed by atoms with Crippen molar-refractivity contribution in [3.05, 3.63) is 39.7 Å². The van der Waals surface area contributed by atoms with Gasteiger partial charge in [0.1, 0.15) is 18.1 Å². The fraction of sp³-hybridized carbons (Fsp3) is 0.450. The molecule has 1 unspecified atom stereocenters. The van der Waals surface area contributed by atoms with Gasteiger partial charge in [0.25, 0.3) is 6.43 Å². The van der Waals surface area contributed by atoms with Gasteiger partial charge in [0.15, 0.2) is 0 Å². The molecule has 3 rings (SSSR count). The molecule has 1 atom stereocenters. The Kier molecular flexibility index (Phi) is 8.72. The van der Waals surface area contributed by atoms with Gasteiger partial charge in [-0.1, -0.05) is 17.5 Å². The molecular formula is C20H26ClF2N5O2. The number of nitrogens with two attached hydrogens (primary N) is 2. The van der Waals surface area contributed by atoms with Gasteiger partial charge in [-0.05, 0) is 30.5 Å². The minimum absolute atomic E-state index is 0.153. The standard InChI is InChI=1S/C16H19ClF2N4O.C4H7NO/c1-3-12-14-9(6-7-22-12)10(17)4-5-13(14)24-8-11(20)15(16(18)19)23(2)21;6-4-2-1-3-5-4/h1,4-5,12,16,22H,6-8,20-21H2,2H3;1-3H2,(H,5,6)/b15-11-;. The largest absolute Gasteiger partial charge is 0.487 e. The van der Waals surface area contributed by atoms with Crippen molar-refractivity contribution in [1.82, 2.24) is 15.6 Å². The number of nitrogens with one attached hydrogen (secondary N) is 2. The highest BCUT2D eigenvalue weighted by Gasteiger charge is 2.25. The molecule has 0 bridgehead atoms. The molecule has 0 aromatic heterocycles. The highest BCUT2D eigenvalue weighted by Crippen LogP contribution is 2.36. The molecule has 2 aliphatic rings. The van der Waals surface area contributed by atoms with Crippen LogP contribution in [0.1, 0.15) is 30.0 Å². The molecule has 10 heteroatoms. The quantitative estimate of drug-likeness (QED) is 0.315. The molecule has 0 spiro atoms. The van der Waals surface area contributed by atoms with Crippen LogP contribution in [-0.4, -0.2) is 44.1 Å². The van der Waals surface area contributed by atoms with Gasteiger partial charge in [0.05, 0.1) is 11.7 Å². The Balaban J connectivity index is 0.000000456. The molecule has 0 radical (unpaired) electrons. The van der Waals surface area contributed by atoms with E-state index in [-0.39, 0.29) is 24.3 Å². The first-order valence-corrected chi connectivity index (χ1v) is 9.79. The lowest BCUT2D eigenvalue weighted by molar-refractivity contribution is -0.119. The smallest absolute Gasteiger partial charge is 0.281 e. The van der Waals surface area contributed by atoms with Gasteiger partial charge < -0.3 is 20.8 Å². The maximum atomic E-state index is 13.0. The Morgan fingerprint density at radius 3 is 2.67 bits per heavy atom. The third kappa shape index (κ3) is 5.98. The summed E-state index contributed by atoms with van der Waals surface area (Å²) in [4.78, 5) is 10.1. The number of halogens is 3. The number of ether oxygens (including phenoxy) is 1. The number of hydrogen-bond acceptors (Lipinski definition) is 6. The SMILES string of the molecule is C#CC1NCCc2c(Cl)ccc(OC/C(N)=C(\C(F)F)N(C)N)c21.O=C1CCCN1. The molecule has 30 heavy (non-hydrogen) atoms. The lowest BCUT2D eigenvalue weighted by Gasteiger charge is -2.27. The van der Waals surface area contributed by atoms with Crippen molar-refractivity contribution in [1.29, 1.82) is 0 Å². The van der Waals surface area contributed by atoms with Crippen molar-refractivity contribution in [2.24, 2.45) is 11.6 Å². The maximum Gasteiger partial charge on any atom is 0.281 e. The predicted molar refractivity (Wildman–Crippen MR) is 112 cm³/mol. The number of hydrazine groups is 1. The summed E-state index contributed by atoms with van der Waals surface area (Å²) in [6.45, 7) is 1.34. The van der Waals surface area contributed by atoms with Crippen LogP contribution < -0.4 is 26.9 Å². The highest BCUT2D eigenvalue weighted by atomic mass is 35.5. The summed E-state index contributed by atoms with van der Waals surface area (Å²) < 4.78 is 31.6. The second kappa shape index (κ2) is 11.0. The average molecular weight is 442 g/mol. The lowest BCUT2D eigenvalue weighted by atomic mass is 9.93. The van der Waals surface area contributed by atoms with Crippen LogP contribution in [0.25, 0.3) is 0 Å². The number of benzene rings is 1. The summed E-state index contributed by atoms with van der Waals surface area (Å²) in [5, 5.41) is 7.23. The molecule has 1 aromatic rings. The topological polar surface area (TPSA) is 106 Å². The minimum atomic E-state index is -2.80. The van der Waals surface area contributed by atoms with E-state index in [1.807, 2.05) is 0 Å². The van der Waals surface area contributed by atoms with Gasteiger partial charge in [0, 0.05) is 37.1 Å². The Bertz CT molecular complexity index is 821. The number of carbonyl (C=O) groups is 1. The summed E-state index contributed by atoms with van der Waals surface area (Å²) in [5.41, 5.74) is 6.71. The van der Waals surface area contributed by atoms with Crippen LogP contribution in [0.3, 0.4) is 0 Å². The summed E-state index contributed by atoms with van der Waals surface area (Å²) >= 11 is 6.22. The van der Waals surface area contributed by atoms with Crippen molar-refractivity contribution in [3.8, 4) is 18.1 Å². The first-order valence-electron chi connectivity index (χ1n) is 9.41. The second-order valence-electron chi connectivity index (χ2n) is 6.81. The number of fused-ring (bicyclic) bond motifs is 1. The second-order valence-corrected chi connectivity index (χ2v) is 7.21. The Morgan fingerprint density at radius 1 is 1.43 bits per heavy atom. The van der Waals surface area contributed by atoms with Crippen molar-refractivity contribution in [2.75, 3.05) is 26.7 Å². The van der Waals surface area contributed by atoms with Crippen molar-refractivity contribution in [2.45, 2.75) is 31.7 Å². The van der Waals surface area contributed by atoms with Crippen LogP contribution in [0.5, 0.6) is 5.75 Å². The van der Waals surface area contributed by atoms with Crippen LogP contribution in [0.4, 0.5) is 8.78 Å². The molecule has 1 saturated heterocycles. The Labute approximate surface area is 179 Å². The monoisotopic (exact) mass is 441 g/mol. The van der Waals surface area contributed by atoms with Gasteiger partial charge in [-0.25, -0.2) is 14.6 Å². The van der Waals surface area contributed by atoms with E-state index >= 15 is 0 Å². The molecule has 7 nitrogen and oxygen atoms in total. The van der Waals surface area contributed by atoms with Crippen LogP contribution in [0.2, 0.25) is 5.02 Å². The number of carbonyl (C=O) groups excluding carboxylic acids is 1. The molecule has 164 valence electrons. The minimum Gasteiger partial charge on any atom is -0.487 e. The number of nitrogens with zero attached hydrogens (tertiary/aromatic N) is 1. The van der Waals surface area contributed by atoms with Gasteiger partial charge in [-0.15, -0.1) is 6.42 Å². The van der Waals surface area contributed by atoms with E-state index in [4.69, 9.17) is 34.3 Å².